The molecule has 0 saturated heterocycles. The van der Waals surface area contributed by atoms with Gasteiger partial charge in [-0.15, -0.1) is 0 Å². The lowest BCUT2D eigenvalue weighted by molar-refractivity contribution is -0.691. The first-order valence-corrected chi connectivity index (χ1v) is 6.87. The number of rotatable bonds is 1. The zero-order valence-electron chi connectivity index (χ0n) is 12.8. The SMILES string of the molecule is Cc1cc(C)c(-n2c[n+]3c(n2)CCC3)c(C)c1.FB(F)F.[F-]. The van der Waals surface area contributed by atoms with Gasteiger partial charge in [0.2, 0.25) is 6.33 Å². The minimum Gasteiger partial charge on any atom is -1.00 e. The average Bonchev–Trinajstić information content (AvgIpc) is 2.86. The van der Waals surface area contributed by atoms with Gasteiger partial charge in [0.05, 0.1) is 6.54 Å². The van der Waals surface area contributed by atoms with Gasteiger partial charge in [0.25, 0.3) is 5.82 Å². The second kappa shape index (κ2) is 7.42. The number of hydrogen-bond acceptors (Lipinski definition) is 1. The van der Waals surface area contributed by atoms with Gasteiger partial charge in [-0.1, -0.05) is 22.4 Å². The summed E-state index contributed by atoms with van der Waals surface area (Å²) in [5.74, 6) is 1.21. The summed E-state index contributed by atoms with van der Waals surface area (Å²) in [4.78, 5) is 0. The van der Waals surface area contributed by atoms with Gasteiger partial charge >= 0.3 is 7.54 Å². The second-order valence-corrected chi connectivity index (χ2v) is 5.27. The van der Waals surface area contributed by atoms with E-state index in [4.69, 9.17) is 5.10 Å². The van der Waals surface area contributed by atoms with Crippen molar-refractivity contribution in [3.05, 3.63) is 41.0 Å². The molecular weight excluding hydrogens is 297 g/mol. The van der Waals surface area contributed by atoms with Crippen LogP contribution in [-0.2, 0) is 13.0 Å². The van der Waals surface area contributed by atoms with E-state index in [9.17, 15) is 12.9 Å². The van der Waals surface area contributed by atoms with Crippen molar-refractivity contribution in [3.8, 4) is 5.69 Å². The zero-order chi connectivity index (χ0) is 15.6. The predicted molar refractivity (Wildman–Crippen MR) is 75.4 cm³/mol. The first kappa shape index (κ1) is 18.2. The van der Waals surface area contributed by atoms with E-state index in [1.165, 1.54) is 34.6 Å². The van der Waals surface area contributed by atoms with E-state index in [1.807, 2.05) is 4.68 Å². The van der Waals surface area contributed by atoms with Gasteiger partial charge in [-0.3, -0.25) is 12.9 Å². The summed E-state index contributed by atoms with van der Waals surface area (Å²) in [6.45, 7) is 7.57. The highest BCUT2D eigenvalue weighted by Gasteiger charge is 2.24. The maximum absolute atomic E-state index is 9.67. The van der Waals surface area contributed by atoms with Crippen LogP contribution in [0.25, 0.3) is 5.69 Å². The van der Waals surface area contributed by atoms with E-state index < -0.39 is 7.54 Å². The molecule has 0 saturated carbocycles. The Labute approximate surface area is 127 Å². The van der Waals surface area contributed by atoms with Crippen LogP contribution in [0.2, 0.25) is 0 Å². The van der Waals surface area contributed by atoms with Crippen molar-refractivity contribution in [2.24, 2.45) is 0 Å². The molecule has 1 aromatic heterocycles. The Balaban J connectivity index is 0.000000436. The maximum atomic E-state index is 9.67. The summed E-state index contributed by atoms with van der Waals surface area (Å²) < 4.78 is 33.3. The van der Waals surface area contributed by atoms with Crippen LogP contribution >= 0.6 is 0 Å². The van der Waals surface area contributed by atoms with E-state index in [-0.39, 0.29) is 4.70 Å². The molecule has 1 aromatic carbocycles. The first-order chi connectivity index (χ1) is 9.88. The highest BCUT2D eigenvalue weighted by Crippen LogP contribution is 2.20. The predicted octanol–water partition coefficient (Wildman–Crippen LogP) is -0.0849. The fourth-order valence-electron chi connectivity index (χ4n) is 2.84. The topological polar surface area (TPSA) is 21.7 Å². The molecule has 2 heterocycles. The van der Waals surface area contributed by atoms with Crippen molar-refractivity contribution in [2.75, 3.05) is 0 Å². The van der Waals surface area contributed by atoms with Crippen LogP contribution in [0.5, 0.6) is 0 Å². The maximum Gasteiger partial charge on any atom is 0.762 e. The van der Waals surface area contributed by atoms with Gasteiger partial charge < -0.3 is 4.70 Å². The van der Waals surface area contributed by atoms with Crippen molar-refractivity contribution in [1.82, 2.24) is 9.78 Å². The lowest BCUT2D eigenvalue weighted by atomic mass is 10.1. The third-order valence-corrected chi connectivity index (χ3v) is 3.47. The Bertz CT molecular complexity index is 596. The monoisotopic (exact) mass is 315 g/mol. The van der Waals surface area contributed by atoms with Crippen LogP contribution in [-0.4, -0.2) is 17.3 Å². The molecule has 1 aliphatic rings. The van der Waals surface area contributed by atoms with E-state index in [0.29, 0.717) is 0 Å². The Morgan fingerprint density at radius 2 is 1.68 bits per heavy atom. The molecule has 0 unspecified atom stereocenters. The van der Waals surface area contributed by atoms with E-state index in [0.717, 1.165) is 13.0 Å². The molecule has 1 aliphatic heterocycles. The van der Waals surface area contributed by atoms with Crippen molar-refractivity contribution in [3.63, 3.8) is 0 Å². The number of benzene rings is 1. The Morgan fingerprint density at radius 1 is 1.14 bits per heavy atom. The molecule has 3 rings (SSSR count). The quantitative estimate of drug-likeness (QED) is 0.410. The minimum absolute atomic E-state index is 0. The Kier molecular flexibility index (Phi) is 6.14. The molecule has 22 heavy (non-hydrogen) atoms. The molecule has 0 aliphatic carbocycles. The smallest absolute Gasteiger partial charge is 0.762 e. The van der Waals surface area contributed by atoms with Gasteiger partial charge in [0.1, 0.15) is 5.69 Å². The molecule has 0 fully saturated rings. The molecule has 0 spiro atoms. The van der Waals surface area contributed by atoms with Gasteiger partial charge in [-0.05, 0) is 38.3 Å². The van der Waals surface area contributed by atoms with E-state index in [1.54, 1.807) is 0 Å². The van der Waals surface area contributed by atoms with Crippen LogP contribution in [0.4, 0.5) is 12.9 Å². The molecule has 0 bridgehead atoms. The normalized spacial score (nSPS) is 12.1. The van der Waals surface area contributed by atoms with Crippen molar-refractivity contribution in [1.29, 1.82) is 0 Å². The van der Waals surface area contributed by atoms with E-state index in [2.05, 4.69) is 43.8 Å². The van der Waals surface area contributed by atoms with Crippen molar-refractivity contribution < 1.29 is 22.2 Å². The minimum atomic E-state index is -3.67. The number of hydrogen-bond donors (Lipinski definition) is 0. The highest BCUT2D eigenvalue weighted by molar-refractivity contribution is 6.33. The summed E-state index contributed by atoms with van der Waals surface area (Å²) in [7, 11) is -3.67. The third-order valence-electron chi connectivity index (χ3n) is 3.47. The van der Waals surface area contributed by atoms with E-state index >= 15 is 0 Å². The highest BCUT2D eigenvalue weighted by atomic mass is 19.4. The molecular formula is C14H18BF4N3. The molecule has 2 aromatic rings. The van der Waals surface area contributed by atoms with Gasteiger partial charge in [-0.2, -0.15) is 0 Å². The van der Waals surface area contributed by atoms with Gasteiger partial charge in [0, 0.05) is 11.5 Å². The lowest BCUT2D eigenvalue weighted by Gasteiger charge is -2.05. The summed E-state index contributed by atoms with van der Waals surface area (Å²) in [6, 6.07) is 4.44. The molecule has 0 atom stereocenters. The largest absolute Gasteiger partial charge is 1.00 e. The molecule has 0 N–H and O–H groups in total. The van der Waals surface area contributed by atoms with Gasteiger partial charge in [0.15, 0.2) is 0 Å². The number of halogens is 4. The summed E-state index contributed by atoms with van der Waals surface area (Å²) >= 11 is 0. The zero-order valence-corrected chi connectivity index (χ0v) is 12.8. The number of aromatic nitrogens is 3. The summed E-state index contributed by atoms with van der Waals surface area (Å²) in [5, 5.41) is 4.69. The standard InChI is InChI=1S/C14H18N3.BF3.FH/c1-10-7-11(2)14(12(3)8-10)17-9-16-6-4-5-13(16)15-17;2-1(3)4;/h7-9H,4-6H2,1-3H3;;1H/q+1;;/p-1. The van der Waals surface area contributed by atoms with Crippen LogP contribution in [0, 0.1) is 20.8 Å². The molecule has 8 heteroatoms. The fraction of sp³-hybridized carbons (Fsp3) is 0.429. The average molecular weight is 315 g/mol. The van der Waals surface area contributed by atoms with Crippen LogP contribution < -0.4 is 9.27 Å². The number of fused-ring (bicyclic) bond motifs is 1. The molecule has 120 valence electrons. The summed E-state index contributed by atoms with van der Waals surface area (Å²) in [5.41, 5.74) is 5.14. The Hall–Kier alpha value is -1.86. The lowest BCUT2D eigenvalue weighted by Crippen LogP contribution is -3.00. The van der Waals surface area contributed by atoms with Crippen LogP contribution in [0.1, 0.15) is 28.9 Å². The second-order valence-electron chi connectivity index (χ2n) is 5.27. The van der Waals surface area contributed by atoms with Gasteiger partial charge in [-0.25, -0.2) is 4.57 Å². The molecule has 0 radical (unpaired) electrons. The number of aryl methyl sites for hydroxylation is 5. The van der Waals surface area contributed by atoms with Crippen molar-refractivity contribution >= 4 is 7.54 Å². The molecule has 0 amide bonds. The Morgan fingerprint density at radius 3 is 2.18 bits per heavy atom. The third kappa shape index (κ3) is 4.08. The summed E-state index contributed by atoms with van der Waals surface area (Å²) in [6.07, 6.45) is 4.47. The molecule has 3 nitrogen and oxygen atoms in total. The fourth-order valence-corrected chi connectivity index (χ4v) is 2.84. The first-order valence-electron chi connectivity index (χ1n) is 6.87. The van der Waals surface area contributed by atoms with Crippen LogP contribution in [0.15, 0.2) is 18.5 Å². The van der Waals surface area contributed by atoms with Crippen molar-refractivity contribution in [2.45, 2.75) is 40.2 Å². The van der Waals surface area contributed by atoms with Crippen LogP contribution in [0.3, 0.4) is 0 Å². The number of nitrogens with zero attached hydrogens (tertiary/aromatic N) is 3.